The third-order valence-corrected chi connectivity index (χ3v) is 3.22. The van der Waals surface area contributed by atoms with Crippen LogP contribution in [0.25, 0.3) is 5.65 Å². The summed E-state index contributed by atoms with van der Waals surface area (Å²) in [5.41, 5.74) is 1.93. The van der Waals surface area contributed by atoms with Crippen molar-refractivity contribution in [3.8, 4) is 0 Å². The lowest BCUT2D eigenvalue weighted by atomic mass is 10.1. The van der Waals surface area contributed by atoms with Crippen LogP contribution in [0.2, 0.25) is 0 Å². The molecule has 108 valence electrons. The van der Waals surface area contributed by atoms with Crippen molar-refractivity contribution in [3.05, 3.63) is 21.4 Å². The second kappa shape index (κ2) is 5.78. The summed E-state index contributed by atoms with van der Waals surface area (Å²) >= 11 is 0. The number of pyridine rings is 1. The van der Waals surface area contributed by atoms with E-state index in [9.17, 15) is 10.1 Å². The molecule has 0 amide bonds. The topological polar surface area (TPSA) is 118 Å². The molecule has 0 bridgehead atoms. The molecule has 9 nitrogen and oxygen atoms in total. The molecule has 0 radical (unpaired) electrons. The molecule has 9 heteroatoms. The highest BCUT2D eigenvalue weighted by molar-refractivity contribution is 5.78. The van der Waals surface area contributed by atoms with Gasteiger partial charge in [0.25, 0.3) is 5.65 Å². The third-order valence-electron chi connectivity index (χ3n) is 3.22. The van der Waals surface area contributed by atoms with E-state index in [-0.39, 0.29) is 17.9 Å². The molecule has 2 N–H and O–H groups in total. The zero-order chi connectivity index (χ0) is 14.7. The quantitative estimate of drug-likeness (QED) is 0.457. The average molecular weight is 280 g/mol. The van der Waals surface area contributed by atoms with Crippen LogP contribution in [0.5, 0.6) is 0 Å². The van der Waals surface area contributed by atoms with Gasteiger partial charge in [-0.05, 0) is 37.1 Å². The number of aryl methyl sites for hydroxylation is 1. The smallest absolute Gasteiger partial charge is 0.338 e. The fourth-order valence-electron chi connectivity index (χ4n) is 2.03. The Morgan fingerprint density at radius 1 is 1.40 bits per heavy atom. The molecule has 2 aromatic heterocycles. The second-order valence-corrected chi connectivity index (χ2v) is 4.46. The van der Waals surface area contributed by atoms with Crippen molar-refractivity contribution in [2.45, 2.75) is 26.7 Å². The number of hydrogen-bond donors (Lipinski definition) is 2. The van der Waals surface area contributed by atoms with Crippen LogP contribution in [0.1, 0.15) is 24.1 Å². The van der Waals surface area contributed by atoms with Crippen molar-refractivity contribution in [2.24, 2.45) is 0 Å². The number of hydrogen-bond acceptors (Lipinski definition) is 7. The predicted molar refractivity (Wildman–Crippen MR) is 71.7 cm³/mol. The van der Waals surface area contributed by atoms with Crippen LogP contribution < -0.4 is 5.32 Å². The molecule has 0 aliphatic carbocycles. The van der Waals surface area contributed by atoms with E-state index in [0.717, 1.165) is 17.7 Å². The number of nitrogens with one attached hydrogen (secondary N) is 1. The van der Waals surface area contributed by atoms with E-state index in [4.69, 9.17) is 5.11 Å². The molecule has 20 heavy (non-hydrogen) atoms. The lowest BCUT2D eigenvalue weighted by Gasteiger charge is -2.12. The Balaban J connectivity index is 2.47. The van der Waals surface area contributed by atoms with Gasteiger partial charge in [-0.2, -0.15) is 4.52 Å². The van der Waals surface area contributed by atoms with Gasteiger partial charge in [0.2, 0.25) is 0 Å². The van der Waals surface area contributed by atoms with Crippen LogP contribution in [-0.4, -0.2) is 43.2 Å². The second-order valence-electron chi connectivity index (χ2n) is 4.46. The number of tetrazole rings is 1. The molecule has 2 heterocycles. The average Bonchev–Trinajstić information content (AvgIpc) is 2.88. The standard InChI is InChI=1S/C11H16N6O3/c1-7-8(2)16-11(13-14-15-16)10(17(19)20)9(7)12-5-3-4-6-18/h12,18H,3-6H2,1-2H3. The Kier molecular flexibility index (Phi) is 4.08. The van der Waals surface area contributed by atoms with Gasteiger partial charge in [-0.1, -0.05) is 0 Å². The number of aromatic nitrogens is 4. The summed E-state index contributed by atoms with van der Waals surface area (Å²) in [6.45, 7) is 4.24. The van der Waals surface area contributed by atoms with E-state index in [1.807, 2.05) is 0 Å². The number of nitro groups is 1. The van der Waals surface area contributed by atoms with Crippen molar-refractivity contribution in [3.63, 3.8) is 0 Å². The van der Waals surface area contributed by atoms with Gasteiger partial charge < -0.3 is 10.4 Å². The van der Waals surface area contributed by atoms with Gasteiger partial charge in [-0.25, -0.2) is 0 Å². The van der Waals surface area contributed by atoms with Crippen molar-refractivity contribution >= 4 is 17.0 Å². The minimum atomic E-state index is -0.480. The Morgan fingerprint density at radius 3 is 2.80 bits per heavy atom. The van der Waals surface area contributed by atoms with Gasteiger partial charge in [0.1, 0.15) is 5.69 Å². The number of rotatable bonds is 6. The number of unbranched alkanes of at least 4 members (excludes halogenated alkanes) is 1. The minimum absolute atomic E-state index is 0.106. The van der Waals surface area contributed by atoms with E-state index < -0.39 is 4.92 Å². The Hall–Kier alpha value is -2.29. The first-order chi connectivity index (χ1) is 9.57. The fraction of sp³-hybridized carbons (Fsp3) is 0.545. The molecule has 0 saturated carbocycles. The normalized spacial score (nSPS) is 10.9. The summed E-state index contributed by atoms with van der Waals surface area (Å²) in [4.78, 5) is 10.8. The minimum Gasteiger partial charge on any atom is -0.396 e. The first-order valence-electron chi connectivity index (χ1n) is 6.28. The van der Waals surface area contributed by atoms with E-state index >= 15 is 0 Å². The highest BCUT2D eigenvalue weighted by Crippen LogP contribution is 2.33. The zero-order valence-corrected chi connectivity index (χ0v) is 11.3. The monoisotopic (exact) mass is 280 g/mol. The van der Waals surface area contributed by atoms with Gasteiger partial charge in [0.05, 0.1) is 4.92 Å². The summed E-state index contributed by atoms with van der Waals surface area (Å²) in [6, 6.07) is 0. The number of aliphatic hydroxyl groups is 1. The molecule has 0 aliphatic rings. The lowest BCUT2D eigenvalue weighted by molar-refractivity contribution is -0.382. The van der Waals surface area contributed by atoms with Crippen LogP contribution in [0.4, 0.5) is 11.4 Å². The van der Waals surface area contributed by atoms with Gasteiger partial charge in [0, 0.05) is 24.4 Å². The molecule has 0 fully saturated rings. The van der Waals surface area contributed by atoms with Gasteiger partial charge in [0.15, 0.2) is 0 Å². The van der Waals surface area contributed by atoms with Crippen LogP contribution in [0.3, 0.4) is 0 Å². The van der Waals surface area contributed by atoms with Crippen molar-refractivity contribution in [1.29, 1.82) is 0 Å². The first-order valence-corrected chi connectivity index (χ1v) is 6.28. The molecular weight excluding hydrogens is 264 g/mol. The fourth-order valence-corrected chi connectivity index (χ4v) is 2.03. The summed E-state index contributed by atoms with van der Waals surface area (Å²) in [5.74, 6) is 0. The maximum atomic E-state index is 11.3. The number of fused-ring (bicyclic) bond motifs is 1. The first kappa shape index (κ1) is 14.1. The summed E-state index contributed by atoms with van der Waals surface area (Å²) in [7, 11) is 0. The Labute approximate surface area is 114 Å². The number of nitrogens with zero attached hydrogens (tertiary/aromatic N) is 5. The lowest BCUT2D eigenvalue weighted by Crippen LogP contribution is -2.11. The maximum absolute atomic E-state index is 11.3. The van der Waals surface area contributed by atoms with Crippen LogP contribution >= 0.6 is 0 Å². The number of anilines is 1. The SMILES string of the molecule is Cc1c(NCCCCO)c([N+](=O)[O-])c2nnnn2c1C. The molecule has 0 spiro atoms. The molecule has 2 aromatic rings. The zero-order valence-electron chi connectivity index (χ0n) is 11.3. The van der Waals surface area contributed by atoms with E-state index in [0.29, 0.717) is 18.7 Å². The van der Waals surface area contributed by atoms with Gasteiger partial charge in [-0.15, -0.1) is 5.10 Å². The molecule has 2 rings (SSSR count). The number of aliphatic hydroxyl groups excluding tert-OH is 1. The Morgan fingerprint density at radius 2 is 2.15 bits per heavy atom. The van der Waals surface area contributed by atoms with Gasteiger partial charge in [-0.3, -0.25) is 10.1 Å². The molecule has 0 aliphatic heterocycles. The van der Waals surface area contributed by atoms with Crippen LogP contribution in [-0.2, 0) is 0 Å². The molecular formula is C11H16N6O3. The van der Waals surface area contributed by atoms with E-state index in [1.165, 1.54) is 4.52 Å². The van der Waals surface area contributed by atoms with Gasteiger partial charge >= 0.3 is 5.69 Å². The predicted octanol–water partition coefficient (Wildman–Crippen LogP) is 0.834. The highest BCUT2D eigenvalue weighted by Gasteiger charge is 2.26. The van der Waals surface area contributed by atoms with Crippen LogP contribution in [0.15, 0.2) is 0 Å². The van der Waals surface area contributed by atoms with E-state index in [1.54, 1.807) is 13.8 Å². The highest BCUT2D eigenvalue weighted by atomic mass is 16.6. The molecule has 0 aromatic carbocycles. The largest absolute Gasteiger partial charge is 0.396 e. The third kappa shape index (κ3) is 2.39. The molecule has 0 saturated heterocycles. The van der Waals surface area contributed by atoms with Crippen LogP contribution in [0, 0.1) is 24.0 Å². The van der Waals surface area contributed by atoms with Crippen molar-refractivity contribution in [2.75, 3.05) is 18.5 Å². The van der Waals surface area contributed by atoms with E-state index in [2.05, 4.69) is 20.8 Å². The summed E-state index contributed by atoms with van der Waals surface area (Å²) < 4.78 is 1.37. The molecule has 0 atom stereocenters. The Bertz CT molecular complexity index is 639. The maximum Gasteiger partial charge on any atom is 0.338 e. The van der Waals surface area contributed by atoms with Crippen molar-refractivity contribution < 1.29 is 10.0 Å². The molecule has 0 unspecified atom stereocenters. The van der Waals surface area contributed by atoms with Crippen molar-refractivity contribution in [1.82, 2.24) is 20.0 Å². The summed E-state index contributed by atoms with van der Waals surface area (Å²) in [6.07, 6.45) is 1.37. The summed E-state index contributed by atoms with van der Waals surface area (Å²) in [5, 5.41) is 34.1.